The van der Waals surface area contributed by atoms with Gasteiger partial charge in [0.1, 0.15) is 0 Å². The normalized spacial score (nSPS) is 18.2. The van der Waals surface area contributed by atoms with E-state index >= 15 is 0 Å². The second-order valence-electron chi connectivity index (χ2n) is 3.39. The molecule has 0 radical (unpaired) electrons. The molecule has 0 saturated heterocycles. The van der Waals surface area contributed by atoms with Crippen LogP contribution >= 0.6 is 0 Å². The van der Waals surface area contributed by atoms with Crippen molar-refractivity contribution in [1.82, 2.24) is 15.8 Å². The number of hydrogen-bond donors (Lipinski definition) is 3. The van der Waals surface area contributed by atoms with Gasteiger partial charge in [0.15, 0.2) is 0 Å². The molecule has 0 unspecified atom stereocenters. The molecule has 0 spiro atoms. The molecule has 1 aromatic rings. The van der Waals surface area contributed by atoms with Gasteiger partial charge in [-0.3, -0.25) is 10.2 Å². The zero-order chi connectivity index (χ0) is 9.31. The van der Waals surface area contributed by atoms with Gasteiger partial charge in [0, 0.05) is 19.4 Å². The van der Waals surface area contributed by atoms with E-state index in [4.69, 9.17) is 0 Å². The summed E-state index contributed by atoms with van der Waals surface area (Å²) < 4.78 is 0. The highest BCUT2D eigenvalue weighted by atomic mass is 16.2. The highest BCUT2D eigenvalue weighted by Crippen LogP contribution is 2.48. The maximum atomic E-state index is 11.6. The minimum atomic E-state index is -0.261. The van der Waals surface area contributed by atoms with Crippen LogP contribution in [0.5, 0.6) is 0 Å². The maximum absolute atomic E-state index is 11.6. The number of hydrazine groups is 1. The highest BCUT2D eigenvalue weighted by Gasteiger charge is 2.51. The summed E-state index contributed by atoms with van der Waals surface area (Å²) in [6.45, 7) is 0. The van der Waals surface area contributed by atoms with E-state index in [-0.39, 0.29) is 11.3 Å². The van der Waals surface area contributed by atoms with Crippen molar-refractivity contribution < 1.29 is 4.79 Å². The van der Waals surface area contributed by atoms with Gasteiger partial charge in [0.25, 0.3) is 0 Å². The van der Waals surface area contributed by atoms with Crippen molar-refractivity contribution in [3.8, 4) is 0 Å². The fourth-order valence-electron chi connectivity index (χ4n) is 1.63. The van der Waals surface area contributed by atoms with Crippen LogP contribution in [0.3, 0.4) is 0 Å². The lowest BCUT2D eigenvalue weighted by Gasteiger charge is -2.12. The Kier molecular flexibility index (Phi) is 1.84. The molecule has 3 N–H and O–H groups in total. The molecule has 2 rings (SSSR count). The van der Waals surface area contributed by atoms with E-state index in [0.29, 0.717) is 0 Å². The van der Waals surface area contributed by atoms with E-state index in [9.17, 15) is 4.79 Å². The monoisotopic (exact) mass is 179 g/mol. The summed E-state index contributed by atoms with van der Waals surface area (Å²) in [7, 11) is 1.70. The fourth-order valence-corrected chi connectivity index (χ4v) is 1.63. The number of aromatic nitrogens is 1. The molecular formula is C9H13N3O. The fraction of sp³-hybridized carbons (Fsp3) is 0.444. The smallest absolute Gasteiger partial charge is 0.244 e. The third-order valence-electron chi connectivity index (χ3n) is 2.57. The Morgan fingerprint density at radius 1 is 1.62 bits per heavy atom. The molecule has 4 nitrogen and oxygen atoms in total. The predicted molar refractivity (Wildman–Crippen MR) is 48.9 cm³/mol. The molecule has 1 amide bonds. The lowest BCUT2D eigenvalue weighted by atomic mass is 9.98. The van der Waals surface area contributed by atoms with E-state index in [1.165, 1.54) is 0 Å². The van der Waals surface area contributed by atoms with Crippen LogP contribution in [-0.4, -0.2) is 17.9 Å². The summed E-state index contributed by atoms with van der Waals surface area (Å²) in [5, 5.41) is 0. The van der Waals surface area contributed by atoms with Gasteiger partial charge < -0.3 is 4.98 Å². The summed E-state index contributed by atoms with van der Waals surface area (Å²) in [6, 6.07) is 1.96. The van der Waals surface area contributed by atoms with Gasteiger partial charge in [0.05, 0.1) is 5.41 Å². The number of rotatable bonds is 3. The number of hydrogen-bond acceptors (Lipinski definition) is 2. The van der Waals surface area contributed by atoms with Crippen molar-refractivity contribution in [2.24, 2.45) is 0 Å². The molecule has 4 heteroatoms. The van der Waals surface area contributed by atoms with E-state index in [1.54, 1.807) is 7.05 Å². The molecule has 0 aliphatic heterocycles. The average molecular weight is 179 g/mol. The van der Waals surface area contributed by atoms with E-state index < -0.39 is 0 Å². The topological polar surface area (TPSA) is 56.9 Å². The second kappa shape index (κ2) is 2.88. The molecule has 0 aromatic carbocycles. The largest absolute Gasteiger partial charge is 0.367 e. The molecule has 70 valence electrons. The van der Waals surface area contributed by atoms with Crippen molar-refractivity contribution >= 4 is 5.91 Å². The lowest BCUT2D eigenvalue weighted by Crippen LogP contribution is -2.41. The Labute approximate surface area is 76.7 Å². The molecule has 1 saturated carbocycles. The number of amides is 1. The number of carbonyl (C=O) groups excluding carboxylic acids is 1. The van der Waals surface area contributed by atoms with E-state index in [1.807, 2.05) is 18.5 Å². The van der Waals surface area contributed by atoms with Crippen LogP contribution in [-0.2, 0) is 10.2 Å². The van der Waals surface area contributed by atoms with Crippen molar-refractivity contribution in [1.29, 1.82) is 0 Å². The molecule has 0 atom stereocenters. The van der Waals surface area contributed by atoms with Crippen LogP contribution in [0.25, 0.3) is 0 Å². The Hall–Kier alpha value is -1.29. The Bertz CT molecular complexity index is 301. The van der Waals surface area contributed by atoms with Gasteiger partial charge in [-0.25, -0.2) is 5.43 Å². The zero-order valence-electron chi connectivity index (χ0n) is 7.55. The number of aromatic amines is 1. The first-order valence-corrected chi connectivity index (χ1v) is 4.40. The number of carbonyl (C=O) groups is 1. The van der Waals surface area contributed by atoms with Crippen molar-refractivity contribution in [3.05, 3.63) is 24.0 Å². The van der Waals surface area contributed by atoms with Gasteiger partial charge in [-0.2, -0.15) is 0 Å². The van der Waals surface area contributed by atoms with Crippen LogP contribution in [0.15, 0.2) is 18.5 Å². The van der Waals surface area contributed by atoms with Gasteiger partial charge in [-0.15, -0.1) is 0 Å². The minimum absolute atomic E-state index is 0.0644. The van der Waals surface area contributed by atoms with Crippen LogP contribution in [0.2, 0.25) is 0 Å². The minimum Gasteiger partial charge on any atom is -0.367 e. The van der Waals surface area contributed by atoms with Crippen molar-refractivity contribution in [2.45, 2.75) is 18.3 Å². The molecule has 0 bridgehead atoms. The Morgan fingerprint density at radius 3 is 2.85 bits per heavy atom. The number of nitrogens with one attached hydrogen (secondary N) is 3. The molecular weight excluding hydrogens is 166 g/mol. The third kappa shape index (κ3) is 1.23. The van der Waals surface area contributed by atoms with E-state index in [2.05, 4.69) is 15.8 Å². The Morgan fingerprint density at radius 2 is 2.38 bits per heavy atom. The quantitative estimate of drug-likeness (QED) is 0.584. The van der Waals surface area contributed by atoms with Crippen LogP contribution in [0, 0.1) is 0 Å². The first-order chi connectivity index (χ1) is 6.29. The Balaban J connectivity index is 2.17. The molecule has 13 heavy (non-hydrogen) atoms. The van der Waals surface area contributed by atoms with Crippen LogP contribution < -0.4 is 10.9 Å². The predicted octanol–water partition coefficient (Wildman–Crippen LogP) is 0.297. The summed E-state index contributed by atoms with van der Waals surface area (Å²) >= 11 is 0. The summed E-state index contributed by atoms with van der Waals surface area (Å²) in [6.07, 6.45) is 5.63. The standard InChI is InChI=1S/C9H13N3O/c1-10-12-8(13)9(3-4-9)7-2-5-11-6-7/h2,5-6,10-11H,3-4H2,1H3,(H,12,13). The SMILES string of the molecule is CNNC(=O)C1(c2cc[nH]c2)CC1. The van der Waals surface area contributed by atoms with Crippen molar-refractivity contribution in [2.75, 3.05) is 7.05 Å². The first-order valence-electron chi connectivity index (χ1n) is 4.40. The summed E-state index contributed by atoms with van der Waals surface area (Å²) in [5.41, 5.74) is 6.12. The van der Waals surface area contributed by atoms with Gasteiger partial charge in [0.2, 0.25) is 5.91 Å². The average Bonchev–Trinajstić information content (AvgIpc) is 2.76. The second-order valence-corrected chi connectivity index (χ2v) is 3.39. The summed E-state index contributed by atoms with van der Waals surface area (Å²) in [5.74, 6) is 0.0644. The van der Waals surface area contributed by atoms with Crippen molar-refractivity contribution in [3.63, 3.8) is 0 Å². The third-order valence-corrected chi connectivity index (χ3v) is 2.57. The number of H-pyrrole nitrogens is 1. The molecule has 1 aliphatic rings. The van der Waals surface area contributed by atoms with Crippen LogP contribution in [0.1, 0.15) is 18.4 Å². The molecule has 1 fully saturated rings. The van der Waals surface area contributed by atoms with Crippen LogP contribution in [0.4, 0.5) is 0 Å². The van der Waals surface area contributed by atoms with Gasteiger partial charge in [-0.1, -0.05) is 0 Å². The molecule has 1 aromatic heterocycles. The molecule has 1 aliphatic carbocycles. The van der Waals surface area contributed by atoms with Gasteiger partial charge >= 0.3 is 0 Å². The highest BCUT2D eigenvalue weighted by molar-refractivity contribution is 5.90. The van der Waals surface area contributed by atoms with Gasteiger partial charge in [-0.05, 0) is 24.5 Å². The van der Waals surface area contributed by atoms with E-state index in [0.717, 1.165) is 18.4 Å². The zero-order valence-corrected chi connectivity index (χ0v) is 7.55. The molecule has 1 heterocycles. The lowest BCUT2D eigenvalue weighted by molar-refractivity contribution is -0.124. The first kappa shape index (κ1) is 8.31. The summed E-state index contributed by atoms with van der Waals surface area (Å²) in [4.78, 5) is 14.6. The maximum Gasteiger partial charge on any atom is 0.244 e.